The molecule has 0 aliphatic rings. The topological polar surface area (TPSA) is 73.5 Å². The fraction of sp³-hybridized carbons (Fsp3) is 0.161. The van der Waals surface area contributed by atoms with Crippen LogP contribution in [0.25, 0.3) is 21.9 Å². The summed E-state index contributed by atoms with van der Waals surface area (Å²) in [6.07, 6.45) is 3.20. The number of hydrogen-bond acceptors (Lipinski definition) is 6. The minimum atomic E-state index is -0.507. The summed E-state index contributed by atoms with van der Waals surface area (Å²) in [6, 6.07) is 21.1. The Kier molecular flexibility index (Phi) is 7.52. The Morgan fingerprint density at radius 2 is 1.44 bits per heavy atom. The second kappa shape index (κ2) is 11.2. The molecule has 3 aromatic carbocycles. The predicted octanol–water partition coefficient (Wildman–Crippen LogP) is 7.20. The molecule has 2 aromatic heterocycles. The molecule has 0 spiro atoms. The van der Waals surface area contributed by atoms with Gasteiger partial charge in [-0.25, -0.2) is 14.4 Å². The van der Waals surface area contributed by atoms with Gasteiger partial charge in [-0.15, -0.1) is 0 Å². The summed E-state index contributed by atoms with van der Waals surface area (Å²) in [7, 11) is 3.29. The Labute approximate surface area is 231 Å². The molecule has 0 fully saturated rings. The molecule has 0 unspecified atom stereocenters. The highest BCUT2D eigenvalue weighted by atomic mass is 35.5. The first-order chi connectivity index (χ1) is 18.9. The Morgan fingerprint density at radius 3 is 2.00 bits per heavy atom. The lowest BCUT2D eigenvalue weighted by Crippen LogP contribution is -2.24. The van der Waals surface area contributed by atoms with Gasteiger partial charge in [0.2, 0.25) is 0 Å². The van der Waals surface area contributed by atoms with E-state index in [4.69, 9.17) is 31.8 Å². The standard InChI is InChI=1S/C31H28ClFN4O2/c1-19-25(26-14-22-15-28(34)36-16-27(22)29(32)30(26)33)12-13-35-31(19)37(17-20-4-8-23(38-2)9-5-20)18-21-6-10-24(39-3)11-7-21/h4-16H,17-18H2,1-3H3,(H2,34,36). The van der Waals surface area contributed by atoms with E-state index in [1.807, 2.05) is 61.5 Å². The molecule has 0 aliphatic carbocycles. The van der Waals surface area contributed by atoms with Crippen LogP contribution in [0.4, 0.5) is 16.0 Å². The Hall–Kier alpha value is -4.36. The third-order valence-corrected chi connectivity index (χ3v) is 7.12. The first-order valence-electron chi connectivity index (χ1n) is 12.4. The Bertz CT molecular complexity index is 1580. The molecule has 0 saturated heterocycles. The maximum absolute atomic E-state index is 15.6. The first-order valence-corrected chi connectivity index (χ1v) is 12.8. The molecule has 6 nitrogen and oxygen atoms in total. The highest BCUT2D eigenvalue weighted by molar-refractivity contribution is 6.36. The van der Waals surface area contributed by atoms with Gasteiger partial charge < -0.3 is 20.1 Å². The molecule has 0 bridgehead atoms. The van der Waals surface area contributed by atoms with Crippen molar-refractivity contribution in [2.45, 2.75) is 20.0 Å². The molecule has 0 aliphatic heterocycles. The van der Waals surface area contributed by atoms with Crippen LogP contribution in [-0.2, 0) is 13.1 Å². The van der Waals surface area contributed by atoms with Gasteiger partial charge in [-0.2, -0.15) is 0 Å². The smallest absolute Gasteiger partial charge is 0.150 e. The van der Waals surface area contributed by atoms with E-state index in [2.05, 4.69) is 9.88 Å². The van der Waals surface area contributed by atoms with Crippen molar-refractivity contribution in [3.8, 4) is 22.6 Å². The van der Waals surface area contributed by atoms with Gasteiger partial charge in [-0.1, -0.05) is 35.9 Å². The number of pyridine rings is 2. The maximum Gasteiger partial charge on any atom is 0.150 e. The van der Waals surface area contributed by atoms with Gasteiger partial charge in [0.15, 0.2) is 0 Å². The van der Waals surface area contributed by atoms with E-state index in [0.717, 1.165) is 39.4 Å². The van der Waals surface area contributed by atoms with Crippen LogP contribution in [0.1, 0.15) is 16.7 Å². The van der Waals surface area contributed by atoms with Crippen LogP contribution in [0.3, 0.4) is 0 Å². The fourth-order valence-electron chi connectivity index (χ4n) is 4.69. The summed E-state index contributed by atoms with van der Waals surface area (Å²) in [4.78, 5) is 11.0. The monoisotopic (exact) mass is 542 g/mol. The zero-order chi connectivity index (χ0) is 27.5. The number of hydrogen-bond donors (Lipinski definition) is 1. The maximum atomic E-state index is 15.6. The summed E-state index contributed by atoms with van der Waals surface area (Å²) < 4.78 is 26.3. The number of fused-ring (bicyclic) bond motifs is 1. The SMILES string of the molecule is COc1ccc(CN(Cc2ccc(OC)cc2)c2nccc(-c3cc4cc(N)ncc4c(Cl)c3F)c2C)cc1. The van der Waals surface area contributed by atoms with Crippen molar-refractivity contribution in [1.29, 1.82) is 0 Å². The van der Waals surface area contributed by atoms with Crippen LogP contribution in [0.5, 0.6) is 11.5 Å². The van der Waals surface area contributed by atoms with E-state index in [1.165, 1.54) is 6.20 Å². The zero-order valence-electron chi connectivity index (χ0n) is 21.9. The number of rotatable bonds is 8. The van der Waals surface area contributed by atoms with Gasteiger partial charge in [0, 0.05) is 36.4 Å². The number of benzene rings is 3. The summed E-state index contributed by atoms with van der Waals surface area (Å²) in [5.41, 5.74) is 9.97. The van der Waals surface area contributed by atoms with E-state index in [0.29, 0.717) is 35.4 Å². The van der Waals surface area contributed by atoms with Gasteiger partial charge in [-0.05, 0) is 77.0 Å². The number of nitrogens with zero attached hydrogens (tertiary/aromatic N) is 3. The van der Waals surface area contributed by atoms with Gasteiger partial charge in [0.1, 0.15) is 29.0 Å². The van der Waals surface area contributed by atoms with Gasteiger partial charge >= 0.3 is 0 Å². The average Bonchev–Trinajstić information content (AvgIpc) is 2.95. The first kappa shape index (κ1) is 26.3. The minimum absolute atomic E-state index is 0.0149. The third-order valence-electron chi connectivity index (χ3n) is 6.75. The van der Waals surface area contributed by atoms with Crippen molar-refractivity contribution in [3.05, 3.63) is 107 Å². The molecule has 2 heterocycles. The molecule has 2 N–H and O–H groups in total. The lowest BCUT2D eigenvalue weighted by Gasteiger charge is -2.27. The van der Waals surface area contributed by atoms with E-state index in [1.54, 1.807) is 32.5 Å². The highest BCUT2D eigenvalue weighted by Crippen LogP contribution is 2.38. The lowest BCUT2D eigenvalue weighted by atomic mass is 9.98. The number of halogens is 2. The van der Waals surface area contributed by atoms with Gasteiger partial charge in [-0.3, -0.25) is 0 Å². The molecule has 5 aromatic rings. The average molecular weight is 543 g/mol. The molecular weight excluding hydrogens is 515 g/mol. The van der Waals surface area contributed by atoms with Crippen molar-refractivity contribution in [2.24, 2.45) is 0 Å². The zero-order valence-corrected chi connectivity index (χ0v) is 22.7. The van der Waals surface area contributed by atoms with Crippen molar-refractivity contribution in [3.63, 3.8) is 0 Å². The molecule has 0 radical (unpaired) electrons. The predicted molar refractivity (Wildman–Crippen MR) is 155 cm³/mol. The molecule has 39 heavy (non-hydrogen) atoms. The van der Waals surface area contributed by atoms with Crippen LogP contribution >= 0.6 is 11.6 Å². The van der Waals surface area contributed by atoms with Crippen LogP contribution in [0, 0.1) is 12.7 Å². The van der Waals surface area contributed by atoms with E-state index in [-0.39, 0.29) is 5.02 Å². The quantitative estimate of drug-likeness (QED) is 0.223. The van der Waals surface area contributed by atoms with E-state index in [9.17, 15) is 0 Å². The summed E-state index contributed by atoms with van der Waals surface area (Å²) in [5.74, 6) is 2.15. The van der Waals surface area contributed by atoms with Crippen molar-refractivity contribution in [2.75, 3.05) is 24.9 Å². The molecule has 0 atom stereocenters. The molecule has 0 saturated carbocycles. The Morgan fingerprint density at radius 1 is 0.846 bits per heavy atom. The summed E-state index contributed by atoms with van der Waals surface area (Å²) in [6.45, 7) is 3.11. The molecule has 0 amide bonds. The number of methoxy groups -OCH3 is 2. The number of nitrogen functional groups attached to an aromatic ring is 1. The van der Waals surface area contributed by atoms with E-state index < -0.39 is 5.82 Å². The number of nitrogens with two attached hydrogens (primary N) is 1. The molecule has 8 heteroatoms. The van der Waals surface area contributed by atoms with Gasteiger partial charge in [0.05, 0.1) is 19.2 Å². The summed E-state index contributed by atoms with van der Waals surface area (Å²) in [5, 5.41) is 1.25. The lowest BCUT2D eigenvalue weighted by molar-refractivity contribution is 0.414. The third kappa shape index (κ3) is 5.45. The molecule has 5 rings (SSSR count). The normalized spacial score (nSPS) is 11.0. The second-order valence-electron chi connectivity index (χ2n) is 9.24. The summed E-state index contributed by atoms with van der Waals surface area (Å²) >= 11 is 6.45. The van der Waals surface area contributed by atoms with Crippen LogP contribution in [0.2, 0.25) is 5.02 Å². The fourth-order valence-corrected chi connectivity index (χ4v) is 4.95. The second-order valence-corrected chi connectivity index (χ2v) is 9.62. The largest absolute Gasteiger partial charge is 0.497 e. The van der Waals surface area contributed by atoms with Crippen molar-refractivity contribution < 1.29 is 13.9 Å². The van der Waals surface area contributed by atoms with Crippen LogP contribution < -0.4 is 20.1 Å². The van der Waals surface area contributed by atoms with Crippen molar-refractivity contribution in [1.82, 2.24) is 9.97 Å². The number of ether oxygens (including phenoxy) is 2. The van der Waals surface area contributed by atoms with E-state index >= 15 is 4.39 Å². The van der Waals surface area contributed by atoms with Crippen LogP contribution in [0.15, 0.2) is 79.1 Å². The van der Waals surface area contributed by atoms with Gasteiger partial charge in [0.25, 0.3) is 0 Å². The number of anilines is 2. The minimum Gasteiger partial charge on any atom is -0.497 e. The van der Waals surface area contributed by atoms with Crippen LogP contribution in [-0.4, -0.2) is 24.2 Å². The highest BCUT2D eigenvalue weighted by Gasteiger charge is 2.20. The molecule has 198 valence electrons. The molecular formula is C31H28ClFN4O2. The van der Waals surface area contributed by atoms with Crippen molar-refractivity contribution >= 4 is 34.0 Å². The Balaban J connectivity index is 1.59. The number of aromatic nitrogens is 2.